The van der Waals surface area contributed by atoms with Crippen molar-refractivity contribution in [3.63, 3.8) is 0 Å². The maximum atomic E-state index is 11.9. The number of carbonyl (C=O) groups is 3. The third-order valence-electron chi connectivity index (χ3n) is 2.51. The smallest absolute Gasteiger partial charge is 0.424 e. The lowest BCUT2D eigenvalue weighted by Gasteiger charge is -2.31. The highest BCUT2D eigenvalue weighted by Crippen LogP contribution is 2.26. The minimum Gasteiger partial charge on any atom is -0.515 e. The van der Waals surface area contributed by atoms with Gasteiger partial charge in [-0.05, 0) is 27.2 Å². The second kappa shape index (κ2) is 8.77. The zero-order valence-corrected chi connectivity index (χ0v) is 13.8. The standard InChI is InChI=1S/C16H22O7/c1-7-8-16(21-13(18)10(2)3,22-14(19)11(4)5)23-15(20)12(6)9-17/h9,17H,2,4,7-8H2,1,3,5-6H3. The first-order chi connectivity index (χ1) is 10.6. The van der Waals surface area contributed by atoms with E-state index in [1.807, 2.05) is 0 Å². The van der Waals surface area contributed by atoms with Crippen LogP contribution in [0.15, 0.2) is 36.1 Å². The Morgan fingerprint density at radius 1 is 0.957 bits per heavy atom. The van der Waals surface area contributed by atoms with Crippen LogP contribution in [0.1, 0.15) is 40.5 Å². The van der Waals surface area contributed by atoms with Gasteiger partial charge in [0.25, 0.3) is 0 Å². The molecule has 0 amide bonds. The van der Waals surface area contributed by atoms with E-state index in [9.17, 15) is 14.4 Å². The highest BCUT2D eigenvalue weighted by molar-refractivity contribution is 5.90. The van der Waals surface area contributed by atoms with Crippen LogP contribution in [0.5, 0.6) is 0 Å². The minimum absolute atomic E-state index is 0.0299. The molecule has 0 rings (SSSR count). The van der Waals surface area contributed by atoms with Crippen LogP contribution < -0.4 is 0 Å². The molecular formula is C16H22O7. The molecule has 7 heteroatoms. The van der Waals surface area contributed by atoms with Crippen LogP contribution in [-0.2, 0) is 28.6 Å². The summed E-state index contributed by atoms with van der Waals surface area (Å²) in [7, 11) is 0. The summed E-state index contributed by atoms with van der Waals surface area (Å²) < 4.78 is 15.1. The fourth-order valence-corrected chi connectivity index (χ4v) is 1.25. The summed E-state index contributed by atoms with van der Waals surface area (Å²) in [5, 5.41) is 8.87. The Hall–Kier alpha value is -2.57. The Bertz CT molecular complexity index is 515. The van der Waals surface area contributed by atoms with Crippen LogP contribution in [0.3, 0.4) is 0 Å². The van der Waals surface area contributed by atoms with E-state index in [1.54, 1.807) is 6.92 Å². The number of aliphatic hydroxyl groups is 1. The van der Waals surface area contributed by atoms with Gasteiger partial charge in [-0.25, -0.2) is 14.4 Å². The molecule has 0 unspecified atom stereocenters. The SMILES string of the molecule is C=C(C)C(=O)OC(CCC)(OC(=O)C(=C)C)OC(=O)C(C)=CO. The first-order valence-electron chi connectivity index (χ1n) is 6.90. The number of ether oxygens (including phenoxy) is 3. The van der Waals surface area contributed by atoms with Gasteiger partial charge in [0.05, 0.1) is 18.3 Å². The minimum atomic E-state index is -2.26. The molecule has 0 saturated heterocycles. The fraction of sp³-hybridized carbons (Fsp3) is 0.438. The molecule has 0 radical (unpaired) electrons. The highest BCUT2D eigenvalue weighted by Gasteiger charge is 2.43. The quantitative estimate of drug-likeness (QED) is 0.317. The normalized spacial score (nSPS) is 11.4. The maximum absolute atomic E-state index is 11.9. The topological polar surface area (TPSA) is 99.1 Å². The molecule has 7 nitrogen and oxygen atoms in total. The average molecular weight is 326 g/mol. The van der Waals surface area contributed by atoms with E-state index >= 15 is 0 Å². The molecule has 0 aliphatic heterocycles. The van der Waals surface area contributed by atoms with E-state index in [0.29, 0.717) is 12.7 Å². The number of rotatable bonds is 8. The number of hydrogen-bond donors (Lipinski definition) is 1. The van der Waals surface area contributed by atoms with Crippen molar-refractivity contribution in [1.82, 2.24) is 0 Å². The van der Waals surface area contributed by atoms with Crippen molar-refractivity contribution in [2.75, 3.05) is 0 Å². The number of aliphatic hydroxyl groups excluding tert-OH is 1. The summed E-state index contributed by atoms with van der Waals surface area (Å²) in [6.45, 7) is 12.6. The molecule has 1 N–H and O–H groups in total. The van der Waals surface area contributed by atoms with Gasteiger partial charge in [-0.3, -0.25) is 0 Å². The van der Waals surface area contributed by atoms with E-state index < -0.39 is 23.9 Å². The second-order valence-corrected chi connectivity index (χ2v) is 4.97. The van der Waals surface area contributed by atoms with Gasteiger partial charge in [-0.2, -0.15) is 0 Å². The molecular weight excluding hydrogens is 304 g/mol. The summed E-state index contributed by atoms with van der Waals surface area (Å²) in [6.07, 6.45) is 0.789. The lowest BCUT2D eigenvalue weighted by Crippen LogP contribution is -2.45. The van der Waals surface area contributed by atoms with Crippen LogP contribution in [-0.4, -0.2) is 29.0 Å². The van der Waals surface area contributed by atoms with Crippen LogP contribution in [0.25, 0.3) is 0 Å². The Kier molecular flexibility index (Phi) is 7.79. The summed E-state index contributed by atoms with van der Waals surface area (Å²) in [4.78, 5) is 35.5. The Labute approximate surface area is 135 Å². The third kappa shape index (κ3) is 6.37. The second-order valence-electron chi connectivity index (χ2n) is 4.97. The average Bonchev–Trinajstić information content (AvgIpc) is 2.45. The van der Waals surface area contributed by atoms with Crippen molar-refractivity contribution in [3.05, 3.63) is 36.1 Å². The van der Waals surface area contributed by atoms with E-state index in [2.05, 4.69) is 13.2 Å². The molecule has 0 saturated carbocycles. The van der Waals surface area contributed by atoms with Gasteiger partial charge in [0, 0.05) is 11.1 Å². The number of carbonyl (C=O) groups excluding carboxylic acids is 3. The maximum Gasteiger partial charge on any atom is 0.424 e. The molecule has 0 aromatic rings. The lowest BCUT2D eigenvalue weighted by molar-refractivity contribution is -0.328. The van der Waals surface area contributed by atoms with Gasteiger partial charge >= 0.3 is 23.9 Å². The molecule has 0 heterocycles. The van der Waals surface area contributed by atoms with Gasteiger partial charge in [0.1, 0.15) is 0 Å². The molecule has 128 valence electrons. The molecule has 23 heavy (non-hydrogen) atoms. The van der Waals surface area contributed by atoms with Crippen molar-refractivity contribution < 1.29 is 33.7 Å². The third-order valence-corrected chi connectivity index (χ3v) is 2.51. The van der Waals surface area contributed by atoms with E-state index in [1.165, 1.54) is 20.8 Å². The van der Waals surface area contributed by atoms with Crippen molar-refractivity contribution in [2.45, 2.75) is 46.5 Å². The largest absolute Gasteiger partial charge is 0.515 e. The molecule has 0 spiro atoms. The Balaban J connectivity index is 5.69. The molecule has 0 fully saturated rings. The zero-order valence-electron chi connectivity index (χ0n) is 13.8. The molecule has 0 aliphatic rings. The van der Waals surface area contributed by atoms with Crippen molar-refractivity contribution >= 4 is 17.9 Å². The molecule has 0 atom stereocenters. The van der Waals surface area contributed by atoms with E-state index in [4.69, 9.17) is 19.3 Å². The van der Waals surface area contributed by atoms with Crippen molar-refractivity contribution in [2.24, 2.45) is 0 Å². The predicted octanol–water partition coefficient (Wildman–Crippen LogP) is 2.68. The van der Waals surface area contributed by atoms with E-state index in [-0.39, 0.29) is 23.1 Å². The van der Waals surface area contributed by atoms with Gasteiger partial charge in [0.2, 0.25) is 0 Å². The summed E-state index contributed by atoms with van der Waals surface area (Å²) in [6, 6.07) is 0. The predicted molar refractivity (Wildman–Crippen MR) is 81.9 cm³/mol. The summed E-state index contributed by atoms with van der Waals surface area (Å²) in [5.74, 6) is -5.06. The van der Waals surface area contributed by atoms with Crippen LogP contribution in [0.4, 0.5) is 0 Å². The van der Waals surface area contributed by atoms with Crippen LogP contribution >= 0.6 is 0 Å². The number of hydrogen-bond acceptors (Lipinski definition) is 7. The van der Waals surface area contributed by atoms with Crippen molar-refractivity contribution in [3.8, 4) is 0 Å². The first kappa shape index (κ1) is 20.4. The highest BCUT2D eigenvalue weighted by atomic mass is 16.9. The van der Waals surface area contributed by atoms with Gasteiger partial charge in [-0.1, -0.05) is 20.1 Å². The molecule has 0 aliphatic carbocycles. The lowest BCUT2D eigenvalue weighted by atomic mass is 10.2. The fourth-order valence-electron chi connectivity index (χ4n) is 1.25. The van der Waals surface area contributed by atoms with Gasteiger partial charge < -0.3 is 19.3 Å². The Morgan fingerprint density at radius 3 is 1.65 bits per heavy atom. The van der Waals surface area contributed by atoms with Gasteiger partial charge in [0.15, 0.2) is 0 Å². The summed E-state index contributed by atoms with van der Waals surface area (Å²) in [5.41, 5.74) is -0.104. The molecule has 0 aromatic heterocycles. The summed E-state index contributed by atoms with van der Waals surface area (Å²) >= 11 is 0. The number of esters is 3. The zero-order chi connectivity index (χ0) is 18.2. The Morgan fingerprint density at radius 2 is 1.35 bits per heavy atom. The molecule has 0 aromatic carbocycles. The van der Waals surface area contributed by atoms with E-state index in [0.717, 1.165) is 0 Å². The molecule has 0 bridgehead atoms. The van der Waals surface area contributed by atoms with Gasteiger partial charge in [-0.15, -0.1) is 0 Å². The van der Waals surface area contributed by atoms with Crippen LogP contribution in [0.2, 0.25) is 0 Å². The first-order valence-corrected chi connectivity index (χ1v) is 6.90. The monoisotopic (exact) mass is 326 g/mol. The van der Waals surface area contributed by atoms with Crippen LogP contribution in [0, 0.1) is 0 Å². The van der Waals surface area contributed by atoms with Crippen molar-refractivity contribution in [1.29, 1.82) is 0 Å².